The van der Waals surface area contributed by atoms with Crippen LogP contribution in [0.15, 0.2) is 18.2 Å². The van der Waals surface area contributed by atoms with E-state index in [2.05, 4.69) is 15.5 Å². The third kappa shape index (κ3) is 3.56. The van der Waals surface area contributed by atoms with Crippen molar-refractivity contribution in [1.82, 2.24) is 20.2 Å². The van der Waals surface area contributed by atoms with Crippen molar-refractivity contribution in [3.8, 4) is 5.75 Å². The summed E-state index contributed by atoms with van der Waals surface area (Å²) in [4.78, 5) is 0. The van der Waals surface area contributed by atoms with E-state index in [9.17, 15) is 8.78 Å². The topological polar surface area (TPSA) is 62.1 Å². The molecule has 0 amide bonds. The predicted octanol–water partition coefficient (Wildman–Crippen LogP) is 1.96. The van der Waals surface area contributed by atoms with Crippen LogP contribution in [0.4, 0.5) is 8.78 Å². The summed E-state index contributed by atoms with van der Waals surface area (Å²) in [5.41, 5.74) is 0. The second kappa shape index (κ2) is 6.78. The molecule has 1 aliphatic rings. The molecule has 0 atom stereocenters. The van der Waals surface area contributed by atoms with Gasteiger partial charge in [-0.15, -0.1) is 5.10 Å². The fourth-order valence-electron chi connectivity index (χ4n) is 2.36. The molecule has 0 spiro atoms. The van der Waals surface area contributed by atoms with E-state index in [1.165, 1.54) is 6.07 Å². The molecule has 1 aromatic heterocycles. The lowest BCUT2D eigenvalue weighted by Gasteiger charge is -2.21. The van der Waals surface area contributed by atoms with Crippen LogP contribution in [-0.2, 0) is 17.9 Å². The highest BCUT2D eigenvalue weighted by atomic mass is 19.2. The number of tetrazole rings is 1. The average molecular weight is 310 g/mol. The van der Waals surface area contributed by atoms with Gasteiger partial charge in [0, 0.05) is 25.8 Å². The Labute approximate surface area is 126 Å². The molecule has 118 valence electrons. The first-order valence-corrected chi connectivity index (χ1v) is 7.13. The summed E-state index contributed by atoms with van der Waals surface area (Å²) in [5, 5.41) is 11.5. The van der Waals surface area contributed by atoms with Crippen LogP contribution in [0.1, 0.15) is 18.7 Å². The number of ether oxygens (including phenoxy) is 2. The summed E-state index contributed by atoms with van der Waals surface area (Å²) in [6.45, 7) is 2.31. The Bertz CT molecular complexity index is 629. The Morgan fingerprint density at radius 2 is 2.05 bits per heavy atom. The van der Waals surface area contributed by atoms with Gasteiger partial charge in [0.15, 0.2) is 17.5 Å². The summed E-state index contributed by atoms with van der Waals surface area (Å²) in [7, 11) is 0. The summed E-state index contributed by atoms with van der Waals surface area (Å²) in [5.74, 6) is -0.592. The van der Waals surface area contributed by atoms with Crippen LogP contribution < -0.4 is 4.74 Å². The molecule has 6 nitrogen and oxygen atoms in total. The predicted molar refractivity (Wildman–Crippen MR) is 72.1 cm³/mol. The third-order valence-electron chi connectivity index (χ3n) is 3.64. The number of hydrogen-bond acceptors (Lipinski definition) is 5. The highest BCUT2D eigenvalue weighted by Crippen LogP contribution is 2.18. The van der Waals surface area contributed by atoms with Gasteiger partial charge in [0.25, 0.3) is 0 Å². The molecule has 1 fully saturated rings. The van der Waals surface area contributed by atoms with Crippen molar-refractivity contribution in [3.63, 3.8) is 0 Å². The SMILES string of the molecule is Fc1ccc(OCc2nnnn2CC2CCOCC2)cc1F. The number of nitrogens with zero attached hydrogens (tertiary/aromatic N) is 4. The summed E-state index contributed by atoms with van der Waals surface area (Å²) in [6.07, 6.45) is 1.95. The standard InChI is InChI=1S/C14H16F2N4O2/c15-12-2-1-11(7-13(12)16)22-9-14-17-18-19-20(14)8-10-3-5-21-6-4-10/h1-2,7,10H,3-6,8-9H2. The number of aromatic nitrogens is 4. The molecule has 0 bridgehead atoms. The monoisotopic (exact) mass is 310 g/mol. The van der Waals surface area contributed by atoms with Gasteiger partial charge >= 0.3 is 0 Å². The Kier molecular flexibility index (Phi) is 4.57. The fourth-order valence-corrected chi connectivity index (χ4v) is 2.36. The van der Waals surface area contributed by atoms with Crippen molar-refractivity contribution in [2.24, 2.45) is 5.92 Å². The highest BCUT2D eigenvalue weighted by molar-refractivity contribution is 5.23. The maximum Gasteiger partial charge on any atom is 0.189 e. The molecule has 2 aromatic rings. The summed E-state index contributed by atoms with van der Waals surface area (Å²) >= 11 is 0. The first-order valence-electron chi connectivity index (χ1n) is 7.13. The minimum Gasteiger partial charge on any atom is -0.485 e. The minimum atomic E-state index is -0.945. The van der Waals surface area contributed by atoms with Crippen LogP contribution in [0.5, 0.6) is 5.75 Å². The average Bonchev–Trinajstić information content (AvgIpc) is 2.97. The summed E-state index contributed by atoms with van der Waals surface area (Å²) in [6, 6.07) is 3.39. The van der Waals surface area contributed by atoms with E-state index in [4.69, 9.17) is 9.47 Å². The van der Waals surface area contributed by atoms with Crippen molar-refractivity contribution in [2.75, 3.05) is 13.2 Å². The normalized spacial score (nSPS) is 15.9. The largest absolute Gasteiger partial charge is 0.485 e. The van der Waals surface area contributed by atoms with Gasteiger partial charge in [-0.25, -0.2) is 13.5 Å². The van der Waals surface area contributed by atoms with Gasteiger partial charge in [-0.05, 0) is 41.3 Å². The van der Waals surface area contributed by atoms with Crippen molar-refractivity contribution in [3.05, 3.63) is 35.7 Å². The van der Waals surface area contributed by atoms with E-state index >= 15 is 0 Å². The van der Waals surface area contributed by atoms with Gasteiger partial charge in [0.05, 0.1) is 0 Å². The van der Waals surface area contributed by atoms with Crippen molar-refractivity contribution < 1.29 is 18.3 Å². The molecule has 0 unspecified atom stereocenters. The molecule has 0 N–H and O–H groups in total. The molecule has 2 heterocycles. The maximum atomic E-state index is 13.1. The van der Waals surface area contributed by atoms with E-state index in [0.717, 1.165) is 38.2 Å². The van der Waals surface area contributed by atoms with Crippen LogP contribution >= 0.6 is 0 Å². The van der Waals surface area contributed by atoms with Crippen LogP contribution in [0.2, 0.25) is 0 Å². The lowest BCUT2D eigenvalue weighted by molar-refractivity contribution is 0.0593. The smallest absolute Gasteiger partial charge is 0.189 e. The first-order chi connectivity index (χ1) is 10.7. The Morgan fingerprint density at radius 1 is 1.23 bits per heavy atom. The van der Waals surface area contributed by atoms with E-state index in [0.29, 0.717) is 18.3 Å². The van der Waals surface area contributed by atoms with Crippen LogP contribution in [0.25, 0.3) is 0 Å². The van der Waals surface area contributed by atoms with Crippen LogP contribution in [-0.4, -0.2) is 33.4 Å². The van der Waals surface area contributed by atoms with E-state index in [1.54, 1.807) is 4.68 Å². The lowest BCUT2D eigenvalue weighted by atomic mass is 10.0. The molecular formula is C14H16F2N4O2. The zero-order valence-electron chi connectivity index (χ0n) is 11.9. The number of hydrogen-bond donors (Lipinski definition) is 0. The first kappa shape index (κ1) is 14.8. The molecule has 0 aliphatic carbocycles. The second-order valence-corrected chi connectivity index (χ2v) is 5.20. The zero-order valence-corrected chi connectivity index (χ0v) is 11.9. The number of rotatable bonds is 5. The molecule has 1 saturated heterocycles. The van der Waals surface area contributed by atoms with Crippen molar-refractivity contribution in [1.29, 1.82) is 0 Å². The second-order valence-electron chi connectivity index (χ2n) is 5.20. The van der Waals surface area contributed by atoms with Crippen molar-refractivity contribution in [2.45, 2.75) is 26.0 Å². The quantitative estimate of drug-likeness (QED) is 0.845. The Hall–Kier alpha value is -2.09. The maximum absolute atomic E-state index is 13.1. The molecule has 0 saturated carbocycles. The lowest BCUT2D eigenvalue weighted by Crippen LogP contribution is -2.22. The number of halogens is 2. The summed E-state index contributed by atoms with van der Waals surface area (Å²) < 4.78 is 38.4. The van der Waals surface area contributed by atoms with Gasteiger partial charge in [-0.3, -0.25) is 0 Å². The van der Waals surface area contributed by atoms with E-state index < -0.39 is 11.6 Å². The number of benzene rings is 1. The fraction of sp³-hybridized carbons (Fsp3) is 0.500. The molecule has 22 heavy (non-hydrogen) atoms. The van der Waals surface area contributed by atoms with Gasteiger partial charge in [0.1, 0.15) is 12.4 Å². The molecular weight excluding hydrogens is 294 g/mol. The third-order valence-corrected chi connectivity index (χ3v) is 3.64. The van der Waals surface area contributed by atoms with E-state index in [1.807, 2.05) is 0 Å². The van der Waals surface area contributed by atoms with Crippen LogP contribution in [0, 0.1) is 17.6 Å². The Morgan fingerprint density at radius 3 is 2.82 bits per heavy atom. The van der Waals surface area contributed by atoms with Gasteiger partial charge in [0.2, 0.25) is 0 Å². The minimum absolute atomic E-state index is 0.0985. The molecule has 1 aliphatic heterocycles. The van der Waals surface area contributed by atoms with Crippen molar-refractivity contribution >= 4 is 0 Å². The van der Waals surface area contributed by atoms with Gasteiger partial charge in [-0.1, -0.05) is 0 Å². The van der Waals surface area contributed by atoms with E-state index in [-0.39, 0.29) is 12.4 Å². The van der Waals surface area contributed by atoms with Gasteiger partial charge in [-0.2, -0.15) is 0 Å². The van der Waals surface area contributed by atoms with Gasteiger partial charge < -0.3 is 9.47 Å². The van der Waals surface area contributed by atoms with Crippen LogP contribution in [0.3, 0.4) is 0 Å². The zero-order chi connectivity index (χ0) is 15.4. The molecule has 1 aromatic carbocycles. The highest BCUT2D eigenvalue weighted by Gasteiger charge is 2.17. The molecule has 3 rings (SSSR count). The Balaban J connectivity index is 1.60. The molecule has 0 radical (unpaired) electrons. The molecule has 8 heteroatoms.